The van der Waals surface area contributed by atoms with Gasteiger partial charge in [-0.25, -0.2) is 0 Å². The number of carbonyl (C=O) groups excluding carboxylic acids is 1. The Bertz CT molecular complexity index is 372. The minimum atomic E-state index is -0.572. The van der Waals surface area contributed by atoms with Gasteiger partial charge < -0.3 is 16.0 Å². The summed E-state index contributed by atoms with van der Waals surface area (Å²) >= 11 is 5.22. The number of rotatable bonds is 5. The standard InChI is InChI=1S/C16H29N3OS/c1-2-19-10-6-13(7-11-19)12-18-15(20)16(14(17)21)8-4-3-5-9-16/h13H,2-12H2,1H3,(H2,17,21)(H,18,20). The van der Waals surface area contributed by atoms with E-state index in [4.69, 9.17) is 18.0 Å². The van der Waals surface area contributed by atoms with Crippen LogP contribution in [0.1, 0.15) is 51.9 Å². The van der Waals surface area contributed by atoms with E-state index in [-0.39, 0.29) is 5.91 Å². The number of amides is 1. The Kier molecular flexibility index (Phi) is 5.99. The van der Waals surface area contributed by atoms with Gasteiger partial charge in [-0.2, -0.15) is 0 Å². The highest BCUT2D eigenvalue weighted by atomic mass is 32.1. The number of nitrogens with two attached hydrogens (primary N) is 1. The number of likely N-dealkylation sites (tertiary alicyclic amines) is 1. The molecule has 0 unspecified atom stereocenters. The van der Waals surface area contributed by atoms with E-state index < -0.39 is 5.41 Å². The molecule has 2 rings (SSSR count). The van der Waals surface area contributed by atoms with E-state index in [0.717, 1.165) is 51.9 Å². The van der Waals surface area contributed by atoms with Crippen LogP contribution in [0.15, 0.2) is 0 Å². The molecule has 1 amide bonds. The Balaban J connectivity index is 1.84. The summed E-state index contributed by atoms with van der Waals surface area (Å²) in [5.41, 5.74) is 5.34. The van der Waals surface area contributed by atoms with E-state index in [1.54, 1.807) is 0 Å². The highest BCUT2D eigenvalue weighted by molar-refractivity contribution is 7.80. The van der Waals surface area contributed by atoms with Crippen LogP contribution in [0.3, 0.4) is 0 Å². The van der Waals surface area contributed by atoms with Crippen LogP contribution in [0.25, 0.3) is 0 Å². The Labute approximate surface area is 133 Å². The molecule has 1 aliphatic heterocycles. The number of carbonyl (C=O) groups is 1. The number of nitrogens with one attached hydrogen (secondary N) is 1. The predicted octanol–water partition coefficient (Wildman–Crippen LogP) is 2.07. The summed E-state index contributed by atoms with van der Waals surface area (Å²) in [5.74, 6) is 0.677. The number of hydrogen-bond acceptors (Lipinski definition) is 3. The first-order valence-electron chi connectivity index (χ1n) is 8.39. The first-order chi connectivity index (χ1) is 10.1. The monoisotopic (exact) mass is 311 g/mol. The van der Waals surface area contributed by atoms with Crippen molar-refractivity contribution in [3.05, 3.63) is 0 Å². The van der Waals surface area contributed by atoms with Crippen molar-refractivity contribution < 1.29 is 4.79 Å². The molecule has 4 nitrogen and oxygen atoms in total. The van der Waals surface area contributed by atoms with Gasteiger partial charge >= 0.3 is 0 Å². The molecule has 21 heavy (non-hydrogen) atoms. The van der Waals surface area contributed by atoms with Gasteiger partial charge in [0.15, 0.2) is 0 Å². The highest BCUT2D eigenvalue weighted by Crippen LogP contribution is 2.37. The molecule has 1 saturated heterocycles. The van der Waals surface area contributed by atoms with Gasteiger partial charge in [0.2, 0.25) is 5.91 Å². The third-order valence-corrected chi connectivity index (χ3v) is 5.71. The highest BCUT2D eigenvalue weighted by Gasteiger charge is 2.42. The Morgan fingerprint density at radius 1 is 1.29 bits per heavy atom. The van der Waals surface area contributed by atoms with Gasteiger partial charge in [0, 0.05) is 6.54 Å². The quantitative estimate of drug-likeness (QED) is 0.763. The van der Waals surface area contributed by atoms with E-state index in [9.17, 15) is 4.79 Å². The van der Waals surface area contributed by atoms with Crippen molar-refractivity contribution in [1.82, 2.24) is 10.2 Å². The molecule has 0 aromatic carbocycles. The van der Waals surface area contributed by atoms with Crippen LogP contribution in [-0.2, 0) is 4.79 Å². The number of piperidine rings is 1. The zero-order valence-electron chi connectivity index (χ0n) is 13.2. The van der Waals surface area contributed by atoms with Crippen LogP contribution in [0.5, 0.6) is 0 Å². The van der Waals surface area contributed by atoms with E-state index in [2.05, 4.69) is 17.1 Å². The van der Waals surface area contributed by atoms with E-state index in [1.807, 2.05) is 0 Å². The second kappa shape index (κ2) is 7.54. The van der Waals surface area contributed by atoms with E-state index >= 15 is 0 Å². The lowest BCUT2D eigenvalue weighted by Crippen LogP contribution is -2.51. The third-order valence-electron chi connectivity index (χ3n) is 5.32. The lowest BCUT2D eigenvalue weighted by atomic mass is 9.73. The van der Waals surface area contributed by atoms with Gasteiger partial charge in [0.25, 0.3) is 0 Å². The first kappa shape index (κ1) is 16.7. The van der Waals surface area contributed by atoms with Crippen molar-refractivity contribution in [2.24, 2.45) is 17.1 Å². The van der Waals surface area contributed by atoms with E-state index in [1.165, 1.54) is 19.3 Å². The molecule has 1 heterocycles. The first-order valence-corrected chi connectivity index (χ1v) is 8.80. The molecule has 1 saturated carbocycles. The van der Waals surface area contributed by atoms with Crippen LogP contribution >= 0.6 is 12.2 Å². The minimum Gasteiger partial charge on any atom is -0.392 e. The summed E-state index contributed by atoms with van der Waals surface area (Å²) in [5, 5.41) is 3.15. The maximum atomic E-state index is 12.6. The molecule has 3 N–H and O–H groups in total. The molecule has 0 spiro atoms. The molecule has 2 fully saturated rings. The molecule has 2 aliphatic rings. The average Bonchev–Trinajstić information content (AvgIpc) is 2.53. The topological polar surface area (TPSA) is 58.4 Å². The normalized spacial score (nSPS) is 23.7. The van der Waals surface area contributed by atoms with Gasteiger partial charge in [-0.05, 0) is 51.2 Å². The fourth-order valence-corrected chi connectivity index (χ4v) is 3.95. The predicted molar refractivity (Wildman–Crippen MR) is 90.2 cm³/mol. The largest absolute Gasteiger partial charge is 0.392 e. The summed E-state index contributed by atoms with van der Waals surface area (Å²) < 4.78 is 0. The zero-order valence-corrected chi connectivity index (χ0v) is 14.0. The summed E-state index contributed by atoms with van der Waals surface area (Å²) in [6, 6.07) is 0. The summed E-state index contributed by atoms with van der Waals surface area (Å²) in [7, 11) is 0. The molecular weight excluding hydrogens is 282 g/mol. The summed E-state index contributed by atoms with van der Waals surface area (Å²) in [4.78, 5) is 15.5. The smallest absolute Gasteiger partial charge is 0.233 e. The second-order valence-electron chi connectivity index (χ2n) is 6.59. The lowest BCUT2D eigenvalue weighted by molar-refractivity contribution is -0.129. The zero-order chi connectivity index (χ0) is 15.3. The number of thiocarbonyl (C=S) groups is 1. The number of hydrogen-bond donors (Lipinski definition) is 2. The van der Waals surface area contributed by atoms with Crippen molar-refractivity contribution >= 4 is 23.1 Å². The molecular formula is C16H29N3OS. The second-order valence-corrected chi connectivity index (χ2v) is 7.03. The van der Waals surface area contributed by atoms with E-state index in [0.29, 0.717) is 10.9 Å². The maximum absolute atomic E-state index is 12.6. The van der Waals surface area contributed by atoms with Gasteiger partial charge in [-0.3, -0.25) is 4.79 Å². The summed E-state index contributed by atoms with van der Waals surface area (Å²) in [6.07, 6.45) is 7.29. The minimum absolute atomic E-state index is 0.0765. The Morgan fingerprint density at radius 3 is 2.43 bits per heavy atom. The van der Waals surface area contributed by atoms with Crippen molar-refractivity contribution in [3.8, 4) is 0 Å². The SMILES string of the molecule is CCN1CCC(CNC(=O)C2(C(N)=S)CCCCC2)CC1. The van der Waals surface area contributed by atoms with Gasteiger partial charge in [-0.1, -0.05) is 38.4 Å². The molecule has 5 heteroatoms. The molecule has 1 aliphatic carbocycles. The maximum Gasteiger partial charge on any atom is 0.233 e. The van der Waals surface area contributed by atoms with Crippen LogP contribution in [0.2, 0.25) is 0 Å². The molecule has 0 radical (unpaired) electrons. The van der Waals surface area contributed by atoms with Crippen molar-refractivity contribution in [2.45, 2.75) is 51.9 Å². The molecule has 0 bridgehead atoms. The van der Waals surface area contributed by atoms with Crippen LogP contribution < -0.4 is 11.1 Å². The van der Waals surface area contributed by atoms with Gasteiger partial charge in [-0.15, -0.1) is 0 Å². The van der Waals surface area contributed by atoms with Crippen molar-refractivity contribution in [3.63, 3.8) is 0 Å². The summed E-state index contributed by atoms with van der Waals surface area (Å²) in [6.45, 7) is 6.41. The molecule has 0 aromatic heterocycles. The fourth-order valence-electron chi connectivity index (χ4n) is 3.65. The number of nitrogens with zero attached hydrogens (tertiary/aromatic N) is 1. The Morgan fingerprint density at radius 2 is 1.90 bits per heavy atom. The van der Waals surface area contributed by atoms with Crippen LogP contribution in [0.4, 0.5) is 0 Å². The third kappa shape index (κ3) is 3.95. The molecule has 0 aromatic rings. The van der Waals surface area contributed by atoms with Crippen LogP contribution in [-0.4, -0.2) is 42.0 Å². The van der Waals surface area contributed by atoms with Gasteiger partial charge in [0.05, 0.1) is 10.4 Å². The van der Waals surface area contributed by atoms with Crippen molar-refractivity contribution in [2.75, 3.05) is 26.2 Å². The van der Waals surface area contributed by atoms with Crippen molar-refractivity contribution in [1.29, 1.82) is 0 Å². The molecule has 120 valence electrons. The lowest BCUT2D eigenvalue weighted by Gasteiger charge is -2.36. The fraction of sp³-hybridized carbons (Fsp3) is 0.875. The Hall–Kier alpha value is -0.680. The van der Waals surface area contributed by atoms with Gasteiger partial charge in [0.1, 0.15) is 0 Å². The molecule has 0 atom stereocenters. The average molecular weight is 311 g/mol. The van der Waals surface area contributed by atoms with Crippen LogP contribution in [0, 0.1) is 11.3 Å².